The molecule has 1 saturated heterocycles. The summed E-state index contributed by atoms with van der Waals surface area (Å²) in [4.78, 5) is 18.1. The lowest BCUT2D eigenvalue weighted by Crippen LogP contribution is -2.49. The molecule has 156 valence electrons. The van der Waals surface area contributed by atoms with E-state index in [0.717, 1.165) is 44.3 Å². The number of hydrogen-bond donors (Lipinski definition) is 0. The fourth-order valence-electron chi connectivity index (χ4n) is 4.99. The Kier molecular flexibility index (Phi) is 7.92. The van der Waals surface area contributed by atoms with Gasteiger partial charge in [0, 0.05) is 25.8 Å². The molecule has 28 heavy (non-hydrogen) atoms. The van der Waals surface area contributed by atoms with E-state index in [4.69, 9.17) is 4.74 Å². The van der Waals surface area contributed by atoms with E-state index in [1.165, 1.54) is 37.8 Å². The number of hydrogen-bond acceptors (Lipinski definition) is 3. The third-order valence-corrected chi connectivity index (χ3v) is 6.61. The Morgan fingerprint density at radius 2 is 2.04 bits per heavy atom. The average Bonchev–Trinajstić information content (AvgIpc) is 2.74. The summed E-state index contributed by atoms with van der Waals surface area (Å²) in [5.74, 6) is 0.727. The van der Waals surface area contributed by atoms with Gasteiger partial charge in [0.25, 0.3) is 5.91 Å². The SMILES string of the molecule is CCCCN(C(=O)c1cccc(C2CCCN(C)C2)c1)[C@@H]1CCCC[C@H]1OC. The Hall–Kier alpha value is -1.39. The Labute approximate surface area is 171 Å². The van der Waals surface area contributed by atoms with E-state index in [2.05, 4.69) is 42.0 Å². The van der Waals surface area contributed by atoms with Gasteiger partial charge in [0.2, 0.25) is 0 Å². The Morgan fingerprint density at radius 1 is 1.21 bits per heavy atom. The maximum atomic E-state index is 13.6. The fraction of sp³-hybridized carbons (Fsp3) is 0.708. The lowest BCUT2D eigenvalue weighted by atomic mass is 9.88. The van der Waals surface area contributed by atoms with Crippen molar-refractivity contribution in [2.45, 2.75) is 76.4 Å². The highest BCUT2D eigenvalue weighted by molar-refractivity contribution is 5.94. The highest BCUT2D eigenvalue weighted by Gasteiger charge is 2.33. The maximum Gasteiger partial charge on any atom is 0.254 e. The number of amides is 1. The highest BCUT2D eigenvalue weighted by Crippen LogP contribution is 2.29. The summed E-state index contributed by atoms with van der Waals surface area (Å²) in [6.07, 6.45) is 9.28. The zero-order chi connectivity index (χ0) is 19.9. The summed E-state index contributed by atoms with van der Waals surface area (Å²) in [7, 11) is 3.99. The van der Waals surface area contributed by atoms with Crippen LogP contribution in [0.2, 0.25) is 0 Å². The van der Waals surface area contributed by atoms with Crippen molar-refractivity contribution in [3.8, 4) is 0 Å². The van der Waals surface area contributed by atoms with Crippen molar-refractivity contribution in [2.24, 2.45) is 0 Å². The number of carbonyl (C=O) groups excluding carboxylic acids is 1. The molecule has 4 heteroatoms. The van der Waals surface area contributed by atoms with Crippen LogP contribution in [0.25, 0.3) is 0 Å². The van der Waals surface area contributed by atoms with Gasteiger partial charge >= 0.3 is 0 Å². The van der Waals surface area contributed by atoms with Gasteiger partial charge in [-0.05, 0) is 69.3 Å². The third-order valence-electron chi connectivity index (χ3n) is 6.61. The van der Waals surface area contributed by atoms with Crippen LogP contribution in [0.5, 0.6) is 0 Å². The summed E-state index contributed by atoms with van der Waals surface area (Å²) in [5.41, 5.74) is 2.17. The molecule has 0 radical (unpaired) electrons. The van der Waals surface area contributed by atoms with Gasteiger partial charge in [-0.3, -0.25) is 4.79 Å². The molecule has 1 aliphatic carbocycles. The van der Waals surface area contributed by atoms with Gasteiger partial charge in [-0.25, -0.2) is 0 Å². The first kappa shape index (κ1) is 21.3. The van der Waals surface area contributed by atoms with Crippen molar-refractivity contribution >= 4 is 5.91 Å². The second kappa shape index (κ2) is 10.4. The number of unbranched alkanes of at least 4 members (excludes halogenated alkanes) is 1. The number of benzene rings is 1. The molecule has 1 aliphatic heterocycles. The number of ether oxygens (including phenoxy) is 1. The molecule has 0 aromatic heterocycles. The summed E-state index contributed by atoms with van der Waals surface area (Å²) >= 11 is 0. The molecule has 0 spiro atoms. The minimum atomic E-state index is 0.171. The van der Waals surface area contributed by atoms with Crippen LogP contribution in [0.4, 0.5) is 0 Å². The topological polar surface area (TPSA) is 32.8 Å². The van der Waals surface area contributed by atoms with E-state index in [0.29, 0.717) is 5.92 Å². The van der Waals surface area contributed by atoms with E-state index in [1.54, 1.807) is 7.11 Å². The monoisotopic (exact) mass is 386 g/mol. The molecule has 3 atom stereocenters. The van der Waals surface area contributed by atoms with E-state index in [1.807, 2.05) is 6.07 Å². The predicted molar refractivity (Wildman–Crippen MR) is 115 cm³/mol. The van der Waals surface area contributed by atoms with Crippen molar-refractivity contribution in [3.63, 3.8) is 0 Å². The molecular formula is C24H38N2O2. The standard InChI is InChI=1S/C24H38N2O2/c1-4-5-16-26(22-13-6-7-14-23(22)28-3)24(27)20-11-8-10-19(17-20)21-12-9-15-25(2)18-21/h8,10-11,17,21-23H,4-7,9,12-16,18H2,1-3H3/t21?,22-,23-/m1/s1. The molecule has 1 unspecified atom stereocenters. The lowest BCUT2D eigenvalue weighted by molar-refractivity contribution is -0.00676. The molecule has 1 heterocycles. The normalized spacial score (nSPS) is 26.2. The first-order valence-electron chi connectivity index (χ1n) is 11.3. The number of rotatable bonds is 7. The second-order valence-electron chi connectivity index (χ2n) is 8.70. The predicted octanol–water partition coefficient (Wildman–Crippen LogP) is 4.70. The first-order chi connectivity index (χ1) is 13.6. The quantitative estimate of drug-likeness (QED) is 0.681. The summed E-state index contributed by atoms with van der Waals surface area (Å²) in [5, 5.41) is 0. The van der Waals surface area contributed by atoms with Gasteiger partial charge in [0.1, 0.15) is 0 Å². The van der Waals surface area contributed by atoms with Crippen LogP contribution in [-0.4, -0.2) is 61.6 Å². The molecule has 1 aromatic carbocycles. The molecule has 2 aliphatic rings. The van der Waals surface area contributed by atoms with E-state index in [9.17, 15) is 4.79 Å². The molecule has 2 fully saturated rings. The minimum absolute atomic E-state index is 0.171. The summed E-state index contributed by atoms with van der Waals surface area (Å²) < 4.78 is 5.78. The van der Waals surface area contributed by atoms with Gasteiger partial charge < -0.3 is 14.5 Å². The summed E-state index contributed by atoms with van der Waals surface area (Å²) in [6.45, 7) is 5.29. The van der Waals surface area contributed by atoms with Gasteiger partial charge in [0.05, 0.1) is 12.1 Å². The number of likely N-dealkylation sites (tertiary alicyclic amines) is 1. The maximum absolute atomic E-state index is 13.6. The lowest BCUT2D eigenvalue weighted by Gasteiger charge is -2.39. The van der Waals surface area contributed by atoms with Gasteiger partial charge in [0.15, 0.2) is 0 Å². The van der Waals surface area contributed by atoms with Gasteiger partial charge in [-0.2, -0.15) is 0 Å². The smallest absolute Gasteiger partial charge is 0.254 e. The molecule has 0 N–H and O–H groups in total. The zero-order valence-electron chi connectivity index (χ0n) is 18.0. The van der Waals surface area contributed by atoms with E-state index < -0.39 is 0 Å². The zero-order valence-corrected chi connectivity index (χ0v) is 18.0. The molecule has 4 nitrogen and oxygen atoms in total. The molecule has 1 amide bonds. The van der Waals surface area contributed by atoms with Crippen LogP contribution in [0, 0.1) is 0 Å². The largest absolute Gasteiger partial charge is 0.379 e. The third kappa shape index (κ3) is 5.15. The first-order valence-corrected chi connectivity index (χ1v) is 11.3. The molecular weight excluding hydrogens is 348 g/mol. The highest BCUT2D eigenvalue weighted by atomic mass is 16.5. The molecule has 1 aromatic rings. The Balaban J connectivity index is 1.80. The number of methoxy groups -OCH3 is 1. The Morgan fingerprint density at radius 3 is 2.79 bits per heavy atom. The summed E-state index contributed by atoms with van der Waals surface area (Å²) in [6, 6.07) is 8.65. The van der Waals surface area contributed by atoms with Crippen molar-refractivity contribution in [2.75, 3.05) is 33.8 Å². The average molecular weight is 387 g/mol. The van der Waals surface area contributed by atoms with Crippen LogP contribution in [0.15, 0.2) is 24.3 Å². The number of likely N-dealkylation sites (N-methyl/N-ethyl adjacent to an activating group) is 1. The second-order valence-corrected chi connectivity index (χ2v) is 8.70. The van der Waals surface area contributed by atoms with Crippen molar-refractivity contribution in [1.82, 2.24) is 9.80 Å². The van der Waals surface area contributed by atoms with Crippen LogP contribution in [0.1, 0.15) is 80.1 Å². The van der Waals surface area contributed by atoms with Crippen molar-refractivity contribution < 1.29 is 9.53 Å². The van der Waals surface area contributed by atoms with Crippen molar-refractivity contribution in [3.05, 3.63) is 35.4 Å². The number of piperidine rings is 1. The van der Waals surface area contributed by atoms with Crippen LogP contribution >= 0.6 is 0 Å². The van der Waals surface area contributed by atoms with E-state index in [-0.39, 0.29) is 18.1 Å². The van der Waals surface area contributed by atoms with Gasteiger partial charge in [-0.15, -0.1) is 0 Å². The fourth-order valence-corrected chi connectivity index (χ4v) is 4.99. The van der Waals surface area contributed by atoms with E-state index >= 15 is 0 Å². The number of nitrogens with zero attached hydrogens (tertiary/aromatic N) is 2. The van der Waals surface area contributed by atoms with Crippen molar-refractivity contribution in [1.29, 1.82) is 0 Å². The van der Waals surface area contributed by atoms with Crippen LogP contribution < -0.4 is 0 Å². The van der Waals surface area contributed by atoms with Gasteiger partial charge in [-0.1, -0.05) is 38.3 Å². The Bertz CT molecular complexity index is 633. The minimum Gasteiger partial charge on any atom is -0.379 e. The molecule has 1 saturated carbocycles. The van der Waals surface area contributed by atoms with Crippen LogP contribution in [0.3, 0.4) is 0 Å². The molecule has 0 bridgehead atoms. The number of carbonyl (C=O) groups is 1. The molecule has 3 rings (SSSR count). The van der Waals surface area contributed by atoms with Crippen LogP contribution in [-0.2, 0) is 4.74 Å².